The molecule has 0 aliphatic carbocycles. The minimum Gasteiger partial charge on any atom is -0.334 e. The number of aromatic nitrogens is 3. The molecule has 1 amide bonds. The lowest BCUT2D eigenvalue weighted by atomic mass is 10.2. The normalized spacial score (nSPS) is 9.88. The van der Waals surface area contributed by atoms with Crippen molar-refractivity contribution < 1.29 is 4.79 Å². The van der Waals surface area contributed by atoms with Crippen LogP contribution >= 0.6 is 12.2 Å². The van der Waals surface area contributed by atoms with Crippen molar-refractivity contribution in [2.45, 2.75) is 0 Å². The van der Waals surface area contributed by atoms with Crippen molar-refractivity contribution in [1.82, 2.24) is 20.3 Å². The van der Waals surface area contributed by atoms with Crippen molar-refractivity contribution in [2.75, 3.05) is 11.3 Å². The van der Waals surface area contributed by atoms with Crippen LogP contribution in [0.25, 0.3) is 0 Å². The van der Waals surface area contributed by atoms with Crippen LogP contribution in [0.1, 0.15) is 10.4 Å². The molecular formula is C9H10N6OS. The highest BCUT2D eigenvalue weighted by molar-refractivity contribution is 7.71. The molecule has 0 unspecified atom stereocenters. The quantitative estimate of drug-likeness (QED) is 0.359. The number of nitrogen functional groups attached to an aromatic ring is 1. The molecule has 0 saturated heterocycles. The van der Waals surface area contributed by atoms with Gasteiger partial charge in [-0.3, -0.25) is 15.6 Å². The van der Waals surface area contributed by atoms with E-state index < -0.39 is 0 Å². The van der Waals surface area contributed by atoms with Gasteiger partial charge >= 0.3 is 0 Å². The van der Waals surface area contributed by atoms with Crippen LogP contribution in [0.2, 0.25) is 0 Å². The van der Waals surface area contributed by atoms with E-state index in [1.807, 2.05) is 6.07 Å². The molecule has 0 bridgehead atoms. The third kappa shape index (κ3) is 2.42. The second-order valence-corrected chi connectivity index (χ2v) is 3.55. The number of benzene rings is 1. The Labute approximate surface area is 102 Å². The average molecular weight is 250 g/mol. The number of nitrogens with one attached hydrogen (secondary N) is 3. The molecule has 1 aromatic carbocycles. The number of aromatic amines is 1. The molecule has 1 aromatic heterocycles. The summed E-state index contributed by atoms with van der Waals surface area (Å²) >= 11 is 4.81. The van der Waals surface area contributed by atoms with E-state index in [9.17, 15) is 4.79 Å². The smallest absolute Gasteiger partial charge is 0.269 e. The first kappa shape index (κ1) is 11.1. The van der Waals surface area contributed by atoms with Gasteiger partial charge in [-0.1, -0.05) is 18.2 Å². The van der Waals surface area contributed by atoms with Crippen LogP contribution in [0.15, 0.2) is 30.3 Å². The highest BCUT2D eigenvalue weighted by Crippen LogP contribution is 1.99. The van der Waals surface area contributed by atoms with Gasteiger partial charge in [0, 0.05) is 5.56 Å². The predicted octanol–water partition coefficient (Wildman–Crippen LogP) is 0.411. The van der Waals surface area contributed by atoms with Crippen molar-refractivity contribution >= 4 is 24.1 Å². The largest absolute Gasteiger partial charge is 0.334 e. The van der Waals surface area contributed by atoms with Crippen molar-refractivity contribution in [3.63, 3.8) is 0 Å². The number of hydrogen-bond donors (Lipinski definition) is 4. The fraction of sp³-hybridized carbons (Fsp3) is 0. The molecule has 0 aliphatic heterocycles. The van der Waals surface area contributed by atoms with Crippen molar-refractivity contribution in [3.8, 4) is 0 Å². The lowest BCUT2D eigenvalue weighted by Crippen LogP contribution is -2.31. The number of hydrogen-bond acceptors (Lipinski definition) is 5. The van der Waals surface area contributed by atoms with E-state index in [2.05, 4.69) is 21.0 Å². The average Bonchev–Trinajstić information content (AvgIpc) is 2.68. The SMILES string of the molecule is Nn1c(NNC(=O)c2ccccc2)n[nH]c1=S. The number of amides is 1. The summed E-state index contributed by atoms with van der Waals surface area (Å²) in [5.41, 5.74) is 5.54. The summed E-state index contributed by atoms with van der Waals surface area (Å²) in [6.45, 7) is 0. The Bertz CT molecular complexity index is 575. The van der Waals surface area contributed by atoms with Gasteiger partial charge in [0.2, 0.25) is 4.77 Å². The van der Waals surface area contributed by atoms with Crippen LogP contribution in [0.4, 0.5) is 5.95 Å². The fourth-order valence-corrected chi connectivity index (χ4v) is 1.30. The number of nitrogens with two attached hydrogens (primary N) is 1. The Morgan fingerprint density at radius 1 is 1.41 bits per heavy atom. The third-order valence-corrected chi connectivity index (χ3v) is 2.32. The molecular weight excluding hydrogens is 240 g/mol. The standard InChI is InChI=1S/C9H10N6OS/c10-15-8(13-14-9(15)17)12-11-7(16)6-4-2-1-3-5-6/h1-5H,10H2,(H,11,16)(H,12,13)(H,14,17). The van der Waals surface area contributed by atoms with Crippen LogP contribution in [0.5, 0.6) is 0 Å². The molecule has 17 heavy (non-hydrogen) atoms. The van der Waals surface area contributed by atoms with Crippen LogP contribution in [0, 0.1) is 4.77 Å². The molecule has 0 aliphatic rings. The van der Waals surface area contributed by atoms with E-state index in [1.54, 1.807) is 24.3 Å². The summed E-state index contributed by atoms with van der Waals surface area (Å²) in [6, 6.07) is 8.75. The number of anilines is 1. The lowest BCUT2D eigenvalue weighted by Gasteiger charge is -2.06. The summed E-state index contributed by atoms with van der Waals surface area (Å²) in [6.07, 6.45) is 0. The van der Waals surface area contributed by atoms with E-state index in [1.165, 1.54) is 0 Å². The zero-order chi connectivity index (χ0) is 12.3. The lowest BCUT2D eigenvalue weighted by molar-refractivity contribution is 0.0962. The molecule has 1 heterocycles. The van der Waals surface area contributed by atoms with E-state index in [0.717, 1.165) is 4.68 Å². The Morgan fingerprint density at radius 2 is 2.12 bits per heavy atom. The summed E-state index contributed by atoms with van der Waals surface area (Å²) in [5.74, 6) is 5.46. The van der Waals surface area contributed by atoms with Crippen molar-refractivity contribution in [1.29, 1.82) is 0 Å². The highest BCUT2D eigenvalue weighted by atomic mass is 32.1. The van der Waals surface area contributed by atoms with Crippen molar-refractivity contribution in [2.24, 2.45) is 0 Å². The first-order chi connectivity index (χ1) is 8.18. The molecule has 0 atom stereocenters. The van der Waals surface area contributed by atoms with Crippen molar-refractivity contribution in [3.05, 3.63) is 40.7 Å². The number of rotatable bonds is 3. The van der Waals surface area contributed by atoms with Gasteiger partial charge in [-0.25, -0.2) is 5.10 Å². The Hall–Kier alpha value is -2.35. The van der Waals surface area contributed by atoms with E-state index in [-0.39, 0.29) is 16.6 Å². The minimum absolute atomic E-state index is 0.222. The van der Waals surface area contributed by atoms with Gasteiger partial charge in [0.25, 0.3) is 11.9 Å². The maximum atomic E-state index is 11.6. The summed E-state index contributed by atoms with van der Waals surface area (Å²) in [5, 5.41) is 6.25. The molecule has 0 radical (unpaired) electrons. The second kappa shape index (κ2) is 4.66. The fourth-order valence-electron chi connectivity index (χ4n) is 1.17. The summed E-state index contributed by atoms with van der Waals surface area (Å²) in [4.78, 5) is 11.6. The number of carbonyl (C=O) groups excluding carboxylic acids is 1. The third-order valence-electron chi connectivity index (χ3n) is 2.03. The minimum atomic E-state index is -0.292. The number of H-pyrrole nitrogens is 1. The van der Waals surface area contributed by atoms with Gasteiger partial charge in [0.05, 0.1) is 0 Å². The van der Waals surface area contributed by atoms with Crippen LogP contribution in [-0.4, -0.2) is 20.8 Å². The van der Waals surface area contributed by atoms with E-state index in [0.29, 0.717) is 5.56 Å². The Balaban J connectivity index is 2.02. The van der Waals surface area contributed by atoms with Gasteiger partial charge in [-0.05, 0) is 24.4 Å². The van der Waals surface area contributed by atoms with Crippen LogP contribution in [-0.2, 0) is 0 Å². The maximum absolute atomic E-state index is 11.6. The Morgan fingerprint density at radius 3 is 2.71 bits per heavy atom. The maximum Gasteiger partial charge on any atom is 0.269 e. The van der Waals surface area contributed by atoms with Gasteiger partial charge in [-0.15, -0.1) is 5.10 Å². The highest BCUT2D eigenvalue weighted by Gasteiger charge is 2.06. The number of hydrazine groups is 1. The first-order valence-corrected chi connectivity index (χ1v) is 5.13. The van der Waals surface area contributed by atoms with Gasteiger partial charge in [-0.2, -0.15) is 4.68 Å². The van der Waals surface area contributed by atoms with E-state index >= 15 is 0 Å². The Kier molecular flexibility index (Phi) is 3.06. The predicted molar refractivity (Wildman–Crippen MR) is 65.1 cm³/mol. The summed E-state index contributed by atoms with van der Waals surface area (Å²) < 4.78 is 1.36. The van der Waals surface area contributed by atoms with Gasteiger partial charge < -0.3 is 5.84 Å². The van der Waals surface area contributed by atoms with Crippen LogP contribution in [0.3, 0.4) is 0 Å². The summed E-state index contributed by atoms with van der Waals surface area (Å²) in [7, 11) is 0. The molecule has 8 heteroatoms. The molecule has 2 aromatic rings. The number of nitrogens with zero attached hydrogens (tertiary/aromatic N) is 2. The molecule has 5 N–H and O–H groups in total. The molecule has 0 spiro atoms. The zero-order valence-electron chi connectivity index (χ0n) is 8.68. The first-order valence-electron chi connectivity index (χ1n) is 4.72. The number of carbonyl (C=O) groups is 1. The van der Waals surface area contributed by atoms with Gasteiger partial charge in [0.1, 0.15) is 0 Å². The van der Waals surface area contributed by atoms with Gasteiger partial charge in [0.15, 0.2) is 0 Å². The molecule has 7 nitrogen and oxygen atoms in total. The topological polar surface area (TPSA) is 101 Å². The monoisotopic (exact) mass is 250 g/mol. The molecule has 0 fully saturated rings. The molecule has 2 rings (SSSR count). The zero-order valence-corrected chi connectivity index (χ0v) is 9.49. The second-order valence-electron chi connectivity index (χ2n) is 3.17. The molecule has 0 saturated carbocycles. The van der Waals surface area contributed by atoms with E-state index in [4.69, 9.17) is 18.1 Å². The molecule has 88 valence electrons. The van der Waals surface area contributed by atoms with Crippen LogP contribution < -0.4 is 16.7 Å².